The van der Waals surface area contributed by atoms with Crippen LogP contribution in [0.3, 0.4) is 0 Å². The third-order valence-corrected chi connectivity index (χ3v) is 13.1. The molecule has 388 valence electrons. The van der Waals surface area contributed by atoms with Gasteiger partial charge in [-0.05, 0) is 51.4 Å². The van der Waals surface area contributed by atoms with Crippen LogP contribution in [0.15, 0.2) is 48.6 Å². The molecule has 0 aliphatic heterocycles. The number of ether oxygens (including phenoxy) is 2. The van der Waals surface area contributed by atoms with Gasteiger partial charge in [-0.3, -0.25) is 9.36 Å². The van der Waals surface area contributed by atoms with Crippen molar-refractivity contribution in [2.24, 2.45) is 0 Å². The molecule has 0 bridgehead atoms. The first-order chi connectivity index (χ1) is 32.1. The molecule has 0 heterocycles. The highest BCUT2D eigenvalue weighted by molar-refractivity contribution is 7.45. The number of esters is 1. The van der Waals surface area contributed by atoms with Gasteiger partial charge in [-0.15, -0.1) is 0 Å². The number of unbranched alkanes of at least 4 members (excludes halogenated alkanes) is 30. The molecule has 0 aromatic heterocycles. The number of nitrogens with zero attached hydrogens (tertiary/aromatic N) is 1. The zero-order chi connectivity index (χ0) is 48.3. The second-order valence-corrected chi connectivity index (χ2v) is 21.3. The Hall–Kier alpha value is -1.54. The van der Waals surface area contributed by atoms with E-state index in [2.05, 4.69) is 62.5 Å². The molecule has 0 aliphatic rings. The molecule has 0 saturated heterocycles. The van der Waals surface area contributed by atoms with Gasteiger partial charge in [-0.2, -0.15) is 0 Å². The quantitative estimate of drug-likeness (QED) is 0.0197. The summed E-state index contributed by atoms with van der Waals surface area (Å²) in [7, 11) is 1.35. The fourth-order valence-electron chi connectivity index (χ4n) is 7.89. The third-order valence-electron chi connectivity index (χ3n) is 12.1. The zero-order valence-corrected chi connectivity index (χ0v) is 45.0. The van der Waals surface area contributed by atoms with Crippen LogP contribution in [0.1, 0.15) is 251 Å². The molecule has 0 aliphatic carbocycles. The molecule has 0 fully saturated rings. The predicted molar refractivity (Wildman–Crippen MR) is 282 cm³/mol. The van der Waals surface area contributed by atoms with Crippen molar-refractivity contribution in [2.75, 3.05) is 54.1 Å². The molecule has 0 aromatic rings. The molecular weight excluding hydrogens is 842 g/mol. The molecule has 2 atom stereocenters. The lowest BCUT2D eigenvalue weighted by Crippen LogP contribution is -2.37. The van der Waals surface area contributed by atoms with Gasteiger partial charge < -0.3 is 27.9 Å². The van der Waals surface area contributed by atoms with Crippen LogP contribution in [0, 0.1) is 0 Å². The van der Waals surface area contributed by atoms with E-state index in [4.69, 9.17) is 18.5 Å². The van der Waals surface area contributed by atoms with E-state index in [1.807, 2.05) is 21.1 Å². The van der Waals surface area contributed by atoms with Gasteiger partial charge in [-0.1, -0.05) is 242 Å². The smallest absolute Gasteiger partial charge is 0.306 e. The minimum absolute atomic E-state index is 0.0239. The van der Waals surface area contributed by atoms with Crippen LogP contribution in [0.5, 0.6) is 0 Å². The standard InChI is InChI=1S/C57H108NO7P/c1-6-8-10-12-14-16-18-20-22-24-26-28-29-30-31-32-34-36-38-40-42-44-46-48-50-57(59)65-56(55-64-66(60,61)63-53-51-58(3,4)5)54-62-52-49-47-45-43-41-39-37-35-33-27-25-23-21-19-17-15-13-11-9-7-2/h9,11,15,17,21,23,27,33,56H,6-8,10,12-14,16,18-20,22,24-26,28-32,34-55H2,1-5H3/b11-9-,17-15-,23-21-,33-27-. The highest BCUT2D eigenvalue weighted by Crippen LogP contribution is 2.38. The van der Waals surface area contributed by atoms with Crippen molar-refractivity contribution in [3.8, 4) is 0 Å². The molecule has 0 spiro atoms. The van der Waals surface area contributed by atoms with E-state index in [1.54, 1.807) is 0 Å². The van der Waals surface area contributed by atoms with Crippen molar-refractivity contribution in [3.63, 3.8) is 0 Å². The number of hydrogen-bond donors (Lipinski definition) is 0. The third kappa shape index (κ3) is 53.4. The normalized spacial score (nSPS) is 13.8. The summed E-state index contributed by atoms with van der Waals surface area (Å²) in [5, 5.41) is 0. The maximum atomic E-state index is 12.8. The number of allylic oxidation sites excluding steroid dienone is 8. The van der Waals surface area contributed by atoms with E-state index in [0.717, 1.165) is 64.2 Å². The maximum absolute atomic E-state index is 12.8. The fraction of sp³-hybridized carbons (Fsp3) is 0.842. The largest absolute Gasteiger partial charge is 0.756 e. The zero-order valence-electron chi connectivity index (χ0n) is 44.1. The van der Waals surface area contributed by atoms with Crippen LogP contribution in [-0.2, 0) is 27.9 Å². The first-order valence-electron chi connectivity index (χ1n) is 27.9. The first kappa shape index (κ1) is 64.5. The Kier molecular flexibility index (Phi) is 48.7. The Morgan fingerprint density at radius 1 is 0.485 bits per heavy atom. The fourth-order valence-corrected chi connectivity index (χ4v) is 8.62. The number of quaternary nitrogens is 1. The Bertz CT molecular complexity index is 1200. The summed E-state index contributed by atoms with van der Waals surface area (Å²) in [5.41, 5.74) is 0. The minimum atomic E-state index is -4.54. The van der Waals surface area contributed by atoms with Crippen LogP contribution in [0.2, 0.25) is 0 Å². The molecule has 0 N–H and O–H groups in total. The first-order valence-corrected chi connectivity index (χ1v) is 29.3. The van der Waals surface area contributed by atoms with Crippen LogP contribution in [0.25, 0.3) is 0 Å². The second-order valence-electron chi connectivity index (χ2n) is 19.9. The minimum Gasteiger partial charge on any atom is -0.756 e. The molecule has 0 radical (unpaired) electrons. The highest BCUT2D eigenvalue weighted by Gasteiger charge is 2.20. The number of phosphoric acid groups is 1. The van der Waals surface area contributed by atoms with E-state index < -0.39 is 13.9 Å². The Morgan fingerprint density at radius 2 is 0.879 bits per heavy atom. The lowest BCUT2D eigenvalue weighted by molar-refractivity contribution is -0.870. The van der Waals surface area contributed by atoms with Gasteiger partial charge >= 0.3 is 5.97 Å². The van der Waals surface area contributed by atoms with Gasteiger partial charge in [0.25, 0.3) is 7.82 Å². The molecule has 0 rings (SSSR count). The lowest BCUT2D eigenvalue weighted by atomic mass is 10.0. The van der Waals surface area contributed by atoms with Gasteiger partial charge in [0, 0.05) is 13.0 Å². The SMILES string of the molecule is CC/C=C\C/C=C\C/C=C\C/C=C\CCCCCCCCCOCC(COP(=O)([O-])OCC[N+](C)(C)C)OC(=O)CCCCCCCCCCCCCCCCCCCCCCCCCC. The van der Waals surface area contributed by atoms with Crippen LogP contribution in [0.4, 0.5) is 0 Å². The van der Waals surface area contributed by atoms with Gasteiger partial charge in [0.2, 0.25) is 0 Å². The number of phosphoric ester groups is 1. The second kappa shape index (κ2) is 49.9. The number of carbonyl (C=O) groups is 1. The van der Waals surface area contributed by atoms with E-state index in [9.17, 15) is 14.3 Å². The summed E-state index contributed by atoms with van der Waals surface area (Å²) < 4.78 is 34.8. The molecular formula is C57H108NO7P. The predicted octanol–water partition coefficient (Wildman–Crippen LogP) is 16.8. The van der Waals surface area contributed by atoms with E-state index in [-0.39, 0.29) is 25.8 Å². The number of hydrogen-bond acceptors (Lipinski definition) is 7. The maximum Gasteiger partial charge on any atom is 0.306 e. The van der Waals surface area contributed by atoms with Crippen LogP contribution >= 0.6 is 7.82 Å². The van der Waals surface area contributed by atoms with Crippen molar-refractivity contribution in [1.29, 1.82) is 0 Å². The molecule has 0 aromatic carbocycles. The monoisotopic (exact) mass is 950 g/mol. The summed E-state index contributed by atoms with van der Waals surface area (Å²) in [6.07, 6.45) is 62.9. The molecule has 66 heavy (non-hydrogen) atoms. The van der Waals surface area contributed by atoms with Crippen molar-refractivity contribution in [2.45, 2.75) is 258 Å². The van der Waals surface area contributed by atoms with E-state index >= 15 is 0 Å². The number of likely N-dealkylation sites (N-methyl/N-ethyl adjacent to an activating group) is 1. The van der Waals surface area contributed by atoms with E-state index in [1.165, 1.54) is 167 Å². The highest BCUT2D eigenvalue weighted by atomic mass is 31.2. The van der Waals surface area contributed by atoms with Gasteiger partial charge in [0.05, 0.1) is 34.4 Å². The van der Waals surface area contributed by atoms with E-state index in [0.29, 0.717) is 24.1 Å². The van der Waals surface area contributed by atoms with Gasteiger partial charge in [0.15, 0.2) is 0 Å². The summed E-state index contributed by atoms with van der Waals surface area (Å²) in [5.74, 6) is -0.334. The molecule has 9 heteroatoms. The van der Waals surface area contributed by atoms with Crippen molar-refractivity contribution in [1.82, 2.24) is 0 Å². The van der Waals surface area contributed by atoms with Crippen molar-refractivity contribution in [3.05, 3.63) is 48.6 Å². The topological polar surface area (TPSA) is 94.1 Å². The Morgan fingerprint density at radius 3 is 1.32 bits per heavy atom. The van der Waals surface area contributed by atoms with Crippen LogP contribution in [-0.4, -0.2) is 70.7 Å². The lowest BCUT2D eigenvalue weighted by Gasteiger charge is -2.28. The van der Waals surface area contributed by atoms with Gasteiger partial charge in [0.1, 0.15) is 19.3 Å². The average Bonchev–Trinajstić information content (AvgIpc) is 3.28. The summed E-state index contributed by atoms with van der Waals surface area (Å²) >= 11 is 0. The van der Waals surface area contributed by atoms with Gasteiger partial charge in [-0.25, -0.2) is 0 Å². The summed E-state index contributed by atoms with van der Waals surface area (Å²) in [4.78, 5) is 25.2. The Labute approximate surface area is 409 Å². The number of carbonyl (C=O) groups excluding carboxylic acids is 1. The molecule has 0 amide bonds. The van der Waals surface area contributed by atoms with Crippen LogP contribution < -0.4 is 4.89 Å². The van der Waals surface area contributed by atoms with Crippen molar-refractivity contribution >= 4 is 13.8 Å². The van der Waals surface area contributed by atoms with Crippen molar-refractivity contribution < 1.29 is 37.3 Å². The number of rotatable bonds is 52. The summed E-state index contributed by atoms with van der Waals surface area (Å²) in [6, 6.07) is 0. The summed E-state index contributed by atoms with van der Waals surface area (Å²) in [6.45, 7) is 5.32. The Balaban J connectivity index is 4.08. The average molecular weight is 950 g/mol. The molecule has 0 saturated carbocycles. The molecule has 8 nitrogen and oxygen atoms in total. The molecule has 2 unspecified atom stereocenters.